The fourth-order valence-corrected chi connectivity index (χ4v) is 3.52. The molecule has 4 rings (SSSR count). The van der Waals surface area contributed by atoms with Gasteiger partial charge in [-0.05, 0) is 36.2 Å². The van der Waals surface area contributed by atoms with Crippen LogP contribution in [-0.4, -0.2) is 47.7 Å². The molecule has 0 N–H and O–H groups in total. The number of fused-ring (bicyclic) bond motifs is 1. The van der Waals surface area contributed by atoms with Gasteiger partial charge in [0, 0.05) is 25.8 Å². The molecule has 0 bridgehead atoms. The molecule has 1 aliphatic heterocycles. The van der Waals surface area contributed by atoms with Crippen LogP contribution in [0.2, 0.25) is 0 Å². The number of thiazole rings is 1. The second-order valence-electron chi connectivity index (χ2n) is 5.75. The van der Waals surface area contributed by atoms with Crippen molar-refractivity contribution >= 4 is 21.7 Å². The molecule has 0 unspecified atom stereocenters. The average Bonchev–Trinajstić information content (AvgIpc) is 3.04. The highest BCUT2D eigenvalue weighted by molar-refractivity contribution is 7.20. The average molecular weight is 341 g/mol. The summed E-state index contributed by atoms with van der Waals surface area (Å²) in [4.78, 5) is 11.1. The van der Waals surface area contributed by atoms with Gasteiger partial charge in [-0.3, -0.25) is 4.90 Å². The Morgan fingerprint density at radius 2 is 1.96 bits per heavy atom. The van der Waals surface area contributed by atoms with Gasteiger partial charge in [0.2, 0.25) is 0 Å². The molecule has 0 aliphatic carbocycles. The molecule has 3 aromatic rings. The highest BCUT2D eigenvalue weighted by Crippen LogP contribution is 2.30. The molecule has 6 heteroatoms. The van der Waals surface area contributed by atoms with Crippen LogP contribution in [0.25, 0.3) is 10.3 Å². The first-order valence-corrected chi connectivity index (χ1v) is 8.97. The van der Waals surface area contributed by atoms with E-state index in [0.29, 0.717) is 5.19 Å². The van der Waals surface area contributed by atoms with Gasteiger partial charge in [0.15, 0.2) is 5.65 Å². The van der Waals surface area contributed by atoms with Gasteiger partial charge in [-0.15, -0.1) is 0 Å². The van der Waals surface area contributed by atoms with E-state index in [4.69, 9.17) is 9.47 Å². The van der Waals surface area contributed by atoms with E-state index in [9.17, 15) is 0 Å². The van der Waals surface area contributed by atoms with Crippen molar-refractivity contribution in [2.24, 2.45) is 0 Å². The summed E-state index contributed by atoms with van der Waals surface area (Å²) in [6.07, 6.45) is 2.79. The van der Waals surface area contributed by atoms with Gasteiger partial charge < -0.3 is 9.47 Å². The zero-order chi connectivity index (χ0) is 16.2. The van der Waals surface area contributed by atoms with Gasteiger partial charge in [0.1, 0.15) is 5.75 Å². The van der Waals surface area contributed by atoms with Gasteiger partial charge in [0.05, 0.1) is 17.9 Å². The number of nitrogens with zero attached hydrogens (tertiary/aromatic N) is 3. The number of ether oxygens (including phenoxy) is 2. The minimum absolute atomic E-state index is 0.629. The fourth-order valence-electron chi connectivity index (χ4n) is 2.73. The molecule has 5 nitrogen and oxygen atoms in total. The van der Waals surface area contributed by atoms with Crippen molar-refractivity contribution in [2.75, 3.05) is 32.8 Å². The lowest BCUT2D eigenvalue weighted by Gasteiger charge is -2.26. The Bertz CT molecular complexity index is 764. The topological polar surface area (TPSA) is 47.5 Å². The van der Waals surface area contributed by atoms with Crippen LogP contribution in [0.1, 0.15) is 5.56 Å². The SMILES string of the molecule is c1cnc2nc(Oc3ccc(CCN4CCOCC4)cc3)sc2c1. The number of rotatable bonds is 5. The number of benzene rings is 1. The van der Waals surface area contributed by atoms with Gasteiger partial charge >= 0.3 is 0 Å². The van der Waals surface area contributed by atoms with E-state index >= 15 is 0 Å². The summed E-state index contributed by atoms with van der Waals surface area (Å²) < 4.78 is 12.3. The second-order valence-corrected chi connectivity index (χ2v) is 6.75. The molecule has 24 heavy (non-hydrogen) atoms. The van der Waals surface area contributed by atoms with Crippen LogP contribution in [0, 0.1) is 0 Å². The van der Waals surface area contributed by atoms with E-state index in [1.54, 1.807) is 6.20 Å². The van der Waals surface area contributed by atoms with Gasteiger partial charge in [-0.1, -0.05) is 23.5 Å². The molecule has 2 aromatic heterocycles. The maximum Gasteiger partial charge on any atom is 0.281 e. The lowest BCUT2D eigenvalue weighted by molar-refractivity contribution is 0.0384. The van der Waals surface area contributed by atoms with Crippen molar-refractivity contribution in [3.8, 4) is 10.9 Å². The first-order chi connectivity index (χ1) is 11.9. The van der Waals surface area contributed by atoms with E-state index in [0.717, 1.165) is 55.4 Å². The smallest absolute Gasteiger partial charge is 0.281 e. The maximum atomic E-state index is 5.85. The normalized spacial score (nSPS) is 15.7. The van der Waals surface area contributed by atoms with Crippen molar-refractivity contribution < 1.29 is 9.47 Å². The molecule has 0 saturated carbocycles. The van der Waals surface area contributed by atoms with Crippen LogP contribution in [0.15, 0.2) is 42.6 Å². The van der Waals surface area contributed by atoms with Crippen LogP contribution in [-0.2, 0) is 11.2 Å². The van der Waals surface area contributed by atoms with Crippen molar-refractivity contribution in [3.63, 3.8) is 0 Å². The molecular formula is C18H19N3O2S. The molecule has 1 fully saturated rings. The molecule has 1 aromatic carbocycles. The summed E-state index contributed by atoms with van der Waals surface area (Å²) in [7, 11) is 0. The van der Waals surface area contributed by atoms with Crippen molar-refractivity contribution in [2.45, 2.75) is 6.42 Å². The lowest BCUT2D eigenvalue weighted by atomic mass is 10.1. The quantitative estimate of drug-likeness (QED) is 0.712. The minimum atomic E-state index is 0.629. The van der Waals surface area contributed by atoms with Crippen LogP contribution < -0.4 is 4.74 Å². The zero-order valence-electron chi connectivity index (χ0n) is 13.4. The van der Waals surface area contributed by atoms with Crippen molar-refractivity contribution in [1.82, 2.24) is 14.9 Å². The van der Waals surface area contributed by atoms with Crippen molar-refractivity contribution in [1.29, 1.82) is 0 Å². The van der Waals surface area contributed by atoms with E-state index in [2.05, 4.69) is 27.0 Å². The highest BCUT2D eigenvalue weighted by atomic mass is 32.1. The Morgan fingerprint density at radius 1 is 1.12 bits per heavy atom. The van der Waals surface area contributed by atoms with Crippen LogP contribution >= 0.6 is 11.3 Å². The summed E-state index contributed by atoms with van der Waals surface area (Å²) >= 11 is 1.51. The first kappa shape index (κ1) is 15.5. The third-order valence-corrected chi connectivity index (χ3v) is 4.98. The monoisotopic (exact) mass is 341 g/mol. The summed E-state index contributed by atoms with van der Waals surface area (Å²) in [5.41, 5.74) is 2.06. The molecular weight excluding hydrogens is 322 g/mol. The Morgan fingerprint density at radius 3 is 2.75 bits per heavy atom. The summed E-state index contributed by atoms with van der Waals surface area (Å²) in [6.45, 7) is 4.85. The van der Waals surface area contributed by atoms with E-state index in [1.165, 1.54) is 16.9 Å². The Labute approximate surface area is 144 Å². The number of hydrogen-bond acceptors (Lipinski definition) is 6. The third kappa shape index (κ3) is 3.72. The van der Waals surface area contributed by atoms with Crippen LogP contribution in [0.3, 0.4) is 0 Å². The van der Waals surface area contributed by atoms with Crippen LogP contribution in [0.4, 0.5) is 0 Å². The number of pyridine rings is 1. The Balaban J connectivity index is 1.36. The largest absolute Gasteiger partial charge is 0.431 e. The molecule has 0 atom stereocenters. The highest BCUT2D eigenvalue weighted by Gasteiger charge is 2.10. The predicted octanol–water partition coefficient (Wildman–Crippen LogP) is 3.36. The molecule has 1 saturated heterocycles. The van der Waals surface area contributed by atoms with E-state index in [-0.39, 0.29) is 0 Å². The third-order valence-electron chi connectivity index (χ3n) is 4.09. The summed E-state index contributed by atoms with van der Waals surface area (Å²) in [5, 5.41) is 0.629. The number of hydrogen-bond donors (Lipinski definition) is 0. The first-order valence-electron chi connectivity index (χ1n) is 8.15. The fraction of sp³-hybridized carbons (Fsp3) is 0.333. The molecule has 0 amide bonds. The van der Waals surface area contributed by atoms with Crippen LogP contribution in [0.5, 0.6) is 10.9 Å². The zero-order valence-corrected chi connectivity index (χ0v) is 14.2. The van der Waals surface area contributed by atoms with E-state index < -0.39 is 0 Å². The number of aromatic nitrogens is 2. The van der Waals surface area contributed by atoms with Gasteiger partial charge in [0.25, 0.3) is 5.19 Å². The Kier molecular flexibility index (Phi) is 4.69. The molecule has 0 spiro atoms. The number of morpholine rings is 1. The predicted molar refractivity (Wildman–Crippen MR) is 94.9 cm³/mol. The summed E-state index contributed by atoms with van der Waals surface area (Å²) in [6, 6.07) is 12.2. The standard InChI is InChI=1S/C18H19N3O2S/c1-2-16-17(19-8-1)20-18(24-16)23-15-5-3-14(4-6-15)7-9-21-10-12-22-13-11-21/h1-6,8H,7,9-13H2. The molecule has 124 valence electrons. The maximum absolute atomic E-state index is 5.85. The molecule has 0 radical (unpaired) electrons. The van der Waals surface area contributed by atoms with Gasteiger partial charge in [-0.2, -0.15) is 4.98 Å². The minimum Gasteiger partial charge on any atom is -0.431 e. The molecule has 1 aliphatic rings. The Hall–Kier alpha value is -2.02. The lowest BCUT2D eigenvalue weighted by Crippen LogP contribution is -2.37. The summed E-state index contributed by atoms with van der Waals surface area (Å²) in [5.74, 6) is 0.809. The second kappa shape index (κ2) is 7.25. The van der Waals surface area contributed by atoms with E-state index in [1.807, 2.05) is 24.3 Å². The van der Waals surface area contributed by atoms with Crippen molar-refractivity contribution in [3.05, 3.63) is 48.2 Å². The van der Waals surface area contributed by atoms with Gasteiger partial charge in [-0.25, -0.2) is 4.98 Å². The molecule has 3 heterocycles.